The Balaban J connectivity index is 1.62. The van der Waals surface area contributed by atoms with Crippen LogP contribution in [0.2, 0.25) is 0 Å². The molecular weight excluding hydrogens is 484 g/mol. The van der Waals surface area contributed by atoms with Crippen LogP contribution < -0.4 is 16.2 Å². The van der Waals surface area contributed by atoms with Crippen LogP contribution in [0, 0.1) is 13.8 Å². The molecule has 4 aromatic rings. The molecule has 0 atom stereocenters. The third kappa shape index (κ3) is 4.70. The quantitative estimate of drug-likeness (QED) is 0.413. The van der Waals surface area contributed by atoms with Crippen LogP contribution in [0.1, 0.15) is 21.6 Å². The van der Waals surface area contributed by atoms with Crippen LogP contribution in [0.3, 0.4) is 0 Å². The molecule has 0 aliphatic heterocycles. The average Bonchev–Trinajstić information content (AvgIpc) is 2.78. The van der Waals surface area contributed by atoms with Crippen molar-refractivity contribution in [3.05, 3.63) is 92.4 Å². The number of hydrogen-bond donors (Lipinski definition) is 2. The highest BCUT2D eigenvalue weighted by molar-refractivity contribution is 9.10. The van der Waals surface area contributed by atoms with Crippen molar-refractivity contribution in [2.24, 2.45) is 7.05 Å². The molecule has 33 heavy (non-hydrogen) atoms. The predicted molar refractivity (Wildman–Crippen MR) is 133 cm³/mol. The van der Waals surface area contributed by atoms with E-state index < -0.39 is 11.9 Å². The van der Waals surface area contributed by atoms with Crippen molar-refractivity contribution < 1.29 is 9.59 Å². The number of fused-ring (bicyclic) bond motifs is 1. The van der Waals surface area contributed by atoms with Crippen molar-refractivity contribution in [2.45, 2.75) is 13.8 Å². The fraction of sp³-hybridized carbons (Fsp3) is 0.120. The van der Waals surface area contributed by atoms with E-state index in [1.807, 2.05) is 32.0 Å². The third-order valence-corrected chi connectivity index (χ3v) is 5.89. The number of rotatable bonds is 3. The molecule has 0 saturated carbocycles. The van der Waals surface area contributed by atoms with Gasteiger partial charge in [-0.2, -0.15) is 0 Å². The fourth-order valence-electron chi connectivity index (χ4n) is 3.59. The highest BCUT2D eigenvalue weighted by Gasteiger charge is 2.14. The number of nitrogens with one attached hydrogen (secondary N) is 2. The van der Waals surface area contributed by atoms with E-state index in [0.29, 0.717) is 22.4 Å². The Kier molecular flexibility index (Phi) is 6.11. The van der Waals surface area contributed by atoms with Gasteiger partial charge in [0.1, 0.15) is 0 Å². The van der Waals surface area contributed by atoms with Gasteiger partial charge in [-0.3, -0.25) is 19.9 Å². The van der Waals surface area contributed by atoms with E-state index in [1.54, 1.807) is 54.2 Å². The zero-order chi connectivity index (χ0) is 23.7. The average molecular weight is 505 g/mol. The van der Waals surface area contributed by atoms with Crippen LogP contribution in [-0.2, 0) is 7.05 Å². The first-order valence-electron chi connectivity index (χ1n) is 10.2. The molecule has 0 spiro atoms. The molecular formula is C25H21BrN4O3. The van der Waals surface area contributed by atoms with Crippen molar-refractivity contribution >= 4 is 44.5 Å². The Hall–Kier alpha value is -3.78. The SMILES string of the molecule is Cc1cc2c(cn1)cc(-c1cc(NC(=O)NC(=O)c3ccc(Br)cc3)ccc1C)c(=O)n2C. The molecule has 166 valence electrons. The predicted octanol–water partition coefficient (Wildman–Crippen LogP) is 4.94. The zero-order valence-corrected chi connectivity index (χ0v) is 19.9. The summed E-state index contributed by atoms with van der Waals surface area (Å²) < 4.78 is 2.43. The van der Waals surface area contributed by atoms with Gasteiger partial charge in [-0.1, -0.05) is 22.0 Å². The molecule has 0 saturated heterocycles. The van der Waals surface area contributed by atoms with Crippen molar-refractivity contribution in [3.63, 3.8) is 0 Å². The lowest BCUT2D eigenvalue weighted by Gasteiger charge is -2.13. The van der Waals surface area contributed by atoms with E-state index in [1.165, 1.54) is 0 Å². The molecule has 2 N–H and O–H groups in total. The molecule has 8 heteroatoms. The highest BCUT2D eigenvalue weighted by atomic mass is 79.9. The lowest BCUT2D eigenvalue weighted by atomic mass is 9.99. The van der Waals surface area contributed by atoms with Crippen molar-refractivity contribution in [3.8, 4) is 11.1 Å². The Labute approximate surface area is 198 Å². The summed E-state index contributed by atoms with van der Waals surface area (Å²) in [4.78, 5) is 42.1. The summed E-state index contributed by atoms with van der Waals surface area (Å²) in [5.41, 5.74) is 4.37. The zero-order valence-electron chi connectivity index (χ0n) is 18.3. The normalized spacial score (nSPS) is 10.8. The third-order valence-electron chi connectivity index (χ3n) is 5.36. The van der Waals surface area contributed by atoms with Gasteiger partial charge >= 0.3 is 6.03 Å². The highest BCUT2D eigenvalue weighted by Crippen LogP contribution is 2.27. The summed E-state index contributed by atoms with van der Waals surface area (Å²) in [6.45, 7) is 3.77. The standard InChI is InChI=1S/C25H21BrN4O3/c1-14-4-9-19(28-25(33)29-23(31)16-5-7-18(26)8-6-16)12-20(14)21-11-17-13-27-15(2)10-22(17)30(3)24(21)32/h4-13H,1-3H3,(H2,28,29,31,33). The number of anilines is 1. The molecule has 4 rings (SSSR count). The summed E-state index contributed by atoms with van der Waals surface area (Å²) in [5.74, 6) is -0.515. The maximum Gasteiger partial charge on any atom is 0.326 e. The minimum atomic E-state index is -0.663. The number of halogens is 1. The smallest absolute Gasteiger partial charge is 0.311 e. The Bertz CT molecular complexity index is 1460. The summed E-state index contributed by atoms with van der Waals surface area (Å²) in [6, 6.07) is 15.0. The van der Waals surface area contributed by atoms with Gasteiger partial charge in [0.2, 0.25) is 0 Å². The number of aromatic nitrogens is 2. The maximum absolute atomic E-state index is 13.1. The van der Waals surface area contributed by atoms with Crippen LogP contribution in [-0.4, -0.2) is 21.5 Å². The van der Waals surface area contributed by atoms with Gasteiger partial charge in [-0.25, -0.2) is 4.79 Å². The number of benzene rings is 2. The van der Waals surface area contributed by atoms with Gasteiger partial charge in [0.25, 0.3) is 11.5 Å². The van der Waals surface area contributed by atoms with Crippen molar-refractivity contribution in [1.29, 1.82) is 0 Å². The lowest BCUT2D eigenvalue weighted by Crippen LogP contribution is -2.34. The molecule has 0 fully saturated rings. The molecule has 7 nitrogen and oxygen atoms in total. The number of carbonyl (C=O) groups is 2. The second-order valence-corrected chi connectivity index (χ2v) is 8.67. The Morgan fingerprint density at radius 3 is 2.42 bits per heavy atom. The summed E-state index contributed by atoms with van der Waals surface area (Å²) in [7, 11) is 1.73. The topological polar surface area (TPSA) is 93.1 Å². The van der Waals surface area contributed by atoms with E-state index in [0.717, 1.165) is 26.6 Å². The molecule has 0 bridgehead atoms. The lowest BCUT2D eigenvalue weighted by molar-refractivity contribution is 0.0967. The first kappa shape index (κ1) is 22.4. The second kappa shape index (κ2) is 8.99. The fourth-order valence-corrected chi connectivity index (χ4v) is 3.85. The number of pyridine rings is 2. The largest absolute Gasteiger partial charge is 0.326 e. The van der Waals surface area contributed by atoms with E-state index in [9.17, 15) is 14.4 Å². The van der Waals surface area contributed by atoms with E-state index in [4.69, 9.17) is 0 Å². The van der Waals surface area contributed by atoms with Gasteiger partial charge in [0.05, 0.1) is 5.52 Å². The van der Waals surface area contributed by atoms with Crippen LogP contribution >= 0.6 is 15.9 Å². The number of hydrogen-bond acceptors (Lipinski definition) is 4. The van der Waals surface area contributed by atoms with Crippen molar-refractivity contribution in [2.75, 3.05) is 5.32 Å². The molecule has 0 aliphatic rings. The molecule has 3 amide bonds. The summed E-state index contributed by atoms with van der Waals surface area (Å²) in [5, 5.41) is 5.82. The van der Waals surface area contributed by atoms with Crippen LogP contribution in [0.4, 0.5) is 10.5 Å². The molecule has 0 aliphatic carbocycles. The maximum atomic E-state index is 13.1. The summed E-state index contributed by atoms with van der Waals surface area (Å²) >= 11 is 3.31. The Morgan fingerprint density at radius 2 is 1.70 bits per heavy atom. The van der Waals surface area contributed by atoms with Crippen LogP contribution in [0.15, 0.2) is 70.1 Å². The van der Waals surface area contributed by atoms with Gasteiger partial charge < -0.3 is 9.88 Å². The van der Waals surface area contributed by atoms with Gasteiger partial charge in [0.15, 0.2) is 0 Å². The van der Waals surface area contributed by atoms with Gasteiger partial charge in [-0.05, 0) is 73.5 Å². The molecule has 2 aromatic carbocycles. The monoisotopic (exact) mass is 504 g/mol. The number of carbonyl (C=O) groups excluding carboxylic acids is 2. The number of amides is 3. The number of urea groups is 1. The number of aryl methyl sites for hydroxylation is 3. The molecule has 2 aromatic heterocycles. The van der Waals surface area contributed by atoms with Crippen molar-refractivity contribution in [1.82, 2.24) is 14.9 Å². The first-order valence-corrected chi connectivity index (χ1v) is 11.0. The van der Waals surface area contributed by atoms with E-state index in [2.05, 4.69) is 31.5 Å². The van der Waals surface area contributed by atoms with Crippen LogP contribution in [0.25, 0.3) is 22.0 Å². The summed E-state index contributed by atoms with van der Waals surface area (Å²) in [6.07, 6.45) is 1.74. The minimum Gasteiger partial charge on any atom is -0.311 e. The molecule has 2 heterocycles. The van der Waals surface area contributed by atoms with E-state index >= 15 is 0 Å². The number of imide groups is 1. The minimum absolute atomic E-state index is 0.150. The van der Waals surface area contributed by atoms with Gasteiger partial charge in [0, 0.05) is 45.6 Å². The molecule has 0 radical (unpaired) electrons. The Morgan fingerprint density at radius 1 is 0.970 bits per heavy atom. The number of nitrogens with zero attached hydrogens (tertiary/aromatic N) is 2. The first-order chi connectivity index (χ1) is 15.7. The molecule has 0 unspecified atom stereocenters. The van der Waals surface area contributed by atoms with E-state index in [-0.39, 0.29) is 5.56 Å². The van der Waals surface area contributed by atoms with Crippen LogP contribution in [0.5, 0.6) is 0 Å². The second-order valence-electron chi connectivity index (χ2n) is 7.75. The van der Waals surface area contributed by atoms with Gasteiger partial charge in [-0.15, -0.1) is 0 Å².